The van der Waals surface area contributed by atoms with Crippen LogP contribution in [0.2, 0.25) is 0 Å². The maximum absolute atomic E-state index is 12.6. The second kappa shape index (κ2) is 7.57. The maximum Gasteiger partial charge on any atom is 0.416 e. The first-order valence-corrected chi connectivity index (χ1v) is 8.52. The van der Waals surface area contributed by atoms with Crippen molar-refractivity contribution < 1.29 is 18.0 Å². The van der Waals surface area contributed by atoms with Crippen molar-refractivity contribution in [2.75, 3.05) is 5.32 Å². The van der Waals surface area contributed by atoms with Crippen molar-refractivity contribution >= 4 is 28.1 Å². The summed E-state index contributed by atoms with van der Waals surface area (Å²) in [4.78, 5) is 16.3. The molecule has 2 aromatic carbocycles. The number of hydrogen-bond acceptors (Lipinski definition) is 4. The summed E-state index contributed by atoms with van der Waals surface area (Å²) in [5, 5.41) is 7.68. The molecule has 0 aliphatic heterocycles. The zero-order chi connectivity index (χ0) is 18.6. The number of halogens is 3. The molecule has 0 unspecified atom stereocenters. The number of benzene rings is 2. The van der Waals surface area contributed by atoms with Gasteiger partial charge in [0.15, 0.2) is 5.13 Å². The highest BCUT2D eigenvalue weighted by Crippen LogP contribution is 2.30. The summed E-state index contributed by atoms with van der Waals surface area (Å²) in [6, 6.07) is 14.1. The average Bonchev–Trinajstić information content (AvgIpc) is 3.09. The number of nitrogens with one attached hydrogen (secondary N) is 2. The molecule has 1 amide bonds. The zero-order valence-electron chi connectivity index (χ0n) is 13.4. The van der Waals surface area contributed by atoms with Gasteiger partial charge in [0, 0.05) is 17.6 Å². The SMILES string of the molecule is O=C(NCc1ccccc1)c1csc(Nc2ccc(C(F)(F)F)cc2)n1. The summed E-state index contributed by atoms with van der Waals surface area (Å²) in [5.74, 6) is -0.314. The Morgan fingerprint density at radius 2 is 1.73 bits per heavy atom. The van der Waals surface area contributed by atoms with Crippen LogP contribution in [-0.2, 0) is 12.7 Å². The van der Waals surface area contributed by atoms with Crippen LogP contribution in [0.15, 0.2) is 60.0 Å². The van der Waals surface area contributed by atoms with Gasteiger partial charge in [0.1, 0.15) is 5.69 Å². The van der Waals surface area contributed by atoms with Crippen LogP contribution in [0.4, 0.5) is 24.0 Å². The van der Waals surface area contributed by atoms with E-state index in [1.807, 2.05) is 30.3 Å². The molecule has 134 valence electrons. The molecular formula is C18H14F3N3OS. The van der Waals surface area contributed by atoms with Crippen molar-refractivity contribution in [1.29, 1.82) is 0 Å². The van der Waals surface area contributed by atoms with Gasteiger partial charge in [-0.3, -0.25) is 4.79 Å². The van der Waals surface area contributed by atoms with Gasteiger partial charge in [-0.25, -0.2) is 4.98 Å². The van der Waals surface area contributed by atoms with E-state index in [-0.39, 0.29) is 11.6 Å². The molecule has 0 saturated carbocycles. The first kappa shape index (κ1) is 17.9. The predicted molar refractivity (Wildman–Crippen MR) is 94.5 cm³/mol. The van der Waals surface area contributed by atoms with Crippen molar-refractivity contribution in [1.82, 2.24) is 10.3 Å². The molecule has 3 aromatic rings. The number of carbonyl (C=O) groups excluding carboxylic acids is 1. The highest BCUT2D eigenvalue weighted by atomic mass is 32.1. The van der Waals surface area contributed by atoms with E-state index in [2.05, 4.69) is 15.6 Å². The molecule has 0 fully saturated rings. The number of alkyl halides is 3. The molecule has 2 N–H and O–H groups in total. The molecule has 26 heavy (non-hydrogen) atoms. The summed E-state index contributed by atoms with van der Waals surface area (Å²) >= 11 is 1.20. The number of carbonyl (C=O) groups is 1. The predicted octanol–water partition coefficient (Wildman–Crippen LogP) is 4.84. The normalized spacial score (nSPS) is 11.2. The van der Waals surface area contributed by atoms with Gasteiger partial charge in [-0.05, 0) is 29.8 Å². The third kappa shape index (κ3) is 4.60. The standard InChI is InChI=1S/C18H14F3N3OS/c19-18(20,21)13-6-8-14(9-7-13)23-17-24-15(11-26-17)16(25)22-10-12-4-2-1-3-5-12/h1-9,11H,10H2,(H,22,25)(H,23,24). The van der Waals surface area contributed by atoms with E-state index in [1.54, 1.807) is 5.38 Å². The van der Waals surface area contributed by atoms with Crippen LogP contribution in [0, 0.1) is 0 Å². The molecule has 0 spiro atoms. The summed E-state index contributed by atoms with van der Waals surface area (Å²) in [6.07, 6.45) is -4.37. The van der Waals surface area contributed by atoms with Gasteiger partial charge in [-0.2, -0.15) is 13.2 Å². The molecular weight excluding hydrogens is 363 g/mol. The van der Waals surface area contributed by atoms with Crippen LogP contribution in [0.1, 0.15) is 21.6 Å². The van der Waals surface area contributed by atoms with Gasteiger partial charge in [-0.1, -0.05) is 30.3 Å². The molecule has 0 aliphatic carbocycles. The molecule has 1 aromatic heterocycles. The van der Waals surface area contributed by atoms with Gasteiger partial charge in [0.05, 0.1) is 5.56 Å². The quantitative estimate of drug-likeness (QED) is 0.669. The Balaban J connectivity index is 1.60. The second-order valence-electron chi connectivity index (χ2n) is 5.41. The van der Waals surface area contributed by atoms with Gasteiger partial charge < -0.3 is 10.6 Å². The smallest absolute Gasteiger partial charge is 0.347 e. The minimum absolute atomic E-state index is 0.250. The highest BCUT2D eigenvalue weighted by Gasteiger charge is 2.29. The molecule has 3 rings (SSSR count). The molecule has 8 heteroatoms. The lowest BCUT2D eigenvalue weighted by atomic mass is 10.2. The lowest BCUT2D eigenvalue weighted by Gasteiger charge is -2.07. The Morgan fingerprint density at radius 1 is 1.04 bits per heavy atom. The summed E-state index contributed by atoms with van der Waals surface area (Å²) in [5.41, 5.74) is 0.964. The lowest BCUT2D eigenvalue weighted by molar-refractivity contribution is -0.137. The van der Waals surface area contributed by atoms with E-state index < -0.39 is 11.7 Å². The molecule has 1 heterocycles. The minimum atomic E-state index is -4.37. The topological polar surface area (TPSA) is 54.0 Å². The first-order chi connectivity index (χ1) is 12.4. The Labute approximate surface area is 151 Å². The third-order valence-corrected chi connectivity index (χ3v) is 4.25. The average molecular weight is 377 g/mol. The highest BCUT2D eigenvalue weighted by molar-refractivity contribution is 7.14. The van der Waals surface area contributed by atoms with E-state index in [4.69, 9.17) is 0 Å². The summed E-state index contributed by atoms with van der Waals surface area (Å²) in [6.45, 7) is 0.388. The molecule has 0 aliphatic rings. The van der Waals surface area contributed by atoms with Crippen LogP contribution in [0.5, 0.6) is 0 Å². The summed E-state index contributed by atoms with van der Waals surface area (Å²) < 4.78 is 37.7. The molecule has 4 nitrogen and oxygen atoms in total. The van der Waals surface area contributed by atoms with Crippen molar-refractivity contribution in [2.24, 2.45) is 0 Å². The van der Waals surface area contributed by atoms with E-state index in [9.17, 15) is 18.0 Å². The molecule has 0 radical (unpaired) electrons. The number of anilines is 2. The van der Waals surface area contributed by atoms with Crippen LogP contribution in [0.3, 0.4) is 0 Å². The van der Waals surface area contributed by atoms with Crippen LogP contribution in [0.25, 0.3) is 0 Å². The fourth-order valence-corrected chi connectivity index (χ4v) is 2.88. The van der Waals surface area contributed by atoms with Crippen LogP contribution >= 0.6 is 11.3 Å². The van der Waals surface area contributed by atoms with Crippen LogP contribution in [-0.4, -0.2) is 10.9 Å². The number of hydrogen-bond donors (Lipinski definition) is 2. The number of nitrogens with zero attached hydrogens (tertiary/aromatic N) is 1. The third-order valence-electron chi connectivity index (χ3n) is 3.50. The van der Waals surface area contributed by atoms with Gasteiger partial charge in [0.2, 0.25) is 0 Å². The summed E-state index contributed by atoms with van der Waals surface area (Å²) in [7, 11) is 0. The van der Waals surface area contributed by atoms with Gasteiger partial charge in [-0.15, -0.1) is 11.3 Å². The van der Waals surface area contributed by atoms with E-state index in [0.29, 0.717) is 17.4 Å². The monoisotopic (exact) mass is 377 g/mol. The van der Waals surface area contributed by atoms with E-state index >= 15 is 0 Å². The van der Waals surface area contributed by atoms with Gasteiger partial charge in [0.25, 0.3) is 5.91 Å². The second-order valence-corrected chi connectivity index (χ2v) is 6.26. The molecule has 0 atom stereocenters. The minimum Gasteiger partial charge on any atom is -0.347 e. The largest absolute Gasteiger partial charge is 0.416 e. The Hall–Kier alpha value is -2.87. The van der Waals surface area contributed by atoms with E-state index in [0.717, 1.165) is 17.7 Å². The Kier molecular flexibility index (Phi) is 5.22. The number of amides is 1. The Morgan fingerprint density at radius 3 is 2.38 bits per heavy atom. The number of aromatic nitrogens is 1. The van der Waals surface area contributed by atoms with Crippen molar-refractivity contribution in [3.05, 3.63) is 76.8 Å². The molecule has 0 saturated heterocycles. The fraction of sp³-hybridized carbons (Fsp3) is 0.111. The van der Waals surface area contributed by atoms with Crippen LogP contribution < -0.4 is 10.6 Å². The molecule has 0 bridgehead atoms. The van der Waals surface area contributed by atoms with Crippen molar-refractivity contribution in [3.63, 3.8) is 0 Å². The van der Waals surface area contributed by atoms with Gasteiger partial charge >= 0.3 is 6.18 Å². The number of thiazole rings is 1. The first-order valence-electron chi connectivity index (χ1n) is 7.64. The van der Waals surface area contributed by atoms with Crippen molar-refractivity contribution in [3.8, 4) is 0 Å². The fourth-order valence-electron chi connectivity index (χ4n) is 2.17. The van der Waals surface area contributed by atoms with Crippen molar-refractivity contribution in [2.45, 2.75) is 12.7 Å². The Bertz CT molecular complexity index is 877. The number of rotatable bonds is 5. The maximum atomic E-state index is 12.6. The lowest BCUT2D eigenvalue weighted by Crippen LogP contribution is -2.23. The zero-order valence-corrected chi connectivity index (χ0v) is 14.2. The van der Waals surface area contributed by atoms with E-state index in [1.165, 1.54) is 23.5 Å².